The molecular weight excluding hydrogens is 596 g/mol. The van der Waals surface area contributed by atoms with Crippen LogP contribution in [0, 0.1) is 5.82 Å². The molecule has 7 rings (SSSR count). The summed E-state index contributed by atoms with van der Waals surface area (Å²) in [7, 11) is 0. The quantitative estimate of drug-likeness (QED) is 0.177. The summed E-state index contributed by atoms with van der Waals surface area (Å²) >= 11 is 0. The van der Waals surface area contributed by atoms with Gasteiger partial charge in [-0.3, -0.25) is 4.90 Å². The number of halogens is 4. The molecule has 3 aliphatic rings. The van der Waals surface area contributed by atoms with Crippen molar-refractivity contribution in [3.8, 4) is 28.1 Å². The largest absolute Gasteiger partial charge is 0.573 e. The van der Waals surface area contributed by atoms with E-state index < -0.39 is 18.1 Å². The van der Waals surface area contributed by atoms with E-state index in [-0.39, 0.29) is 47.8 Å². The zero-order chi connectivity index (χ0) is 31.3. The maximum Gasteiger partial charge on any atom is 0.573 e. The molecule has 0 amide bonds. The van der Waals surface area contributed by atoms with Gasteiger partial charge in [0.15, 0.2) is 0 Å². The number of fused-ring (bicyclic) bond motifs is 2. The molecule has 0 radical (unpaired) electrons. The number of rotatable bonds is 10. The van der Waals surface area contributed by atoms with Crippen LogP contribution >= 0.6 is 0 Å². The number of furan rings is 1. The second kappa shape index (κ2) is 11.6. The molecule has 236 valence electrons. The normalized spacial score (nSPS) is 21.7. The highest BCUT2D eigenvalue weighted by molar-refractivity contribution is 5.93. The molecule has 45 heavy (non-hydrogen) atoms. The Hall–Kier alpha value is -4.16. The monoisotopic (exact) mass is 626 g/mol. The first kappa shape index (κ1) is 29.5. The third kappa shape index (κ3) is 6.08. The third-order valence-electron chi connectivity index (χ3n) is 9.01. The van der Waals surface area contributed by atoms with Crippen molar-refractivity contribution >= 4 is 5.97 Å². The lowest BCUT2D eigenvalue weighted by molar-refractivity contribution is -0.274. The highest BCUT2D eigenvalue weighted by Crippen LogP contribution is 2.47. The van der Waals surface area contributed by atoms with Crippen molar-refractivity contribution in [3.05, 3.63) is 83.3 Å². The molecular formula is C33H30F4N2O6. The lowest BCUT2D eigenvalue weighted by Gasteiger charge is -2.39. The summed E-state index contributed by atoms with van der Waals surface area (Å²) in [5.74, 6) is -1.34. The van der Waals surface area contributed by atoms with Gasteiger partial charge >= 0.3 is 12.3 Å². The van der Waals surface area contributed by atoms with E-state index in [0.29, 0.717) is 28.9 Å². The summed E-state index contributed by atoms with van der Waals surface area (Å²) in [5, 5.41) is 13.6. The molecule has 2 atom stereocenters. The lowest BCUT2D eigenvalue weighted by atomic mass is 9.96. The number of ether oxygens (including phenoxy) is 2. The van der Waals surface area contributed by atoms with Gasteiger partial charge in [0, 0.05) is 46.8 Å². The van der Waals surface area contributed by atoms with Gasteiger partial charge < -0.3 is 23.5 Å². The number of aromatic nitrogens is 1. The van der Waals surface area contributed by atoms with Crippen molar-refractivity contribution < 1.29 is 45.9 Å². The molecule has 0 spiro atoms. The van der Waals surface area contributed by atoms with Gasteiger partial charge in [0.2, 0.25) is 5.76 Å². The Kier molecular flexibility index (Phi) is 7.65. The Balaban J connectivity index is 1.05. The molecule has 8 nitrogen and oxygen atoms in total. The number of hydrogen-bond donors (Lipinski definition) is 1. The molecule has 4 heterocycles. The minimum atomic E-state index is -4.84. The van der Waals surface area contributed by atoms with Crippen molar-refractivity contribution in [2.24, 2.45) is 0 Å². The Morgan fingerprint density at radius 2 is 1.78 bits per heavy atom. The van der Waals surface area contributed by atoms with Crippen LogP contribution in [0.3, 0.4) is 0 Å². The van der Waals surface area contributed by atoms with Gasteiger partial charge in [-0.15, -0.1) is 13.2 Å². The molecule has 2 unspecified atom stereocenters. The van der Waals surface area contributed by atoms with E-state index in [4.69, 9.17) is 13.7 Å². The first-order valence-corrected chi connectivity index (χ1v) is 14.9. The Labute approximate surface area is 255 Å². The van der Waals surface area contributed by atoms with Gasteiger partial charge in [0.1, 0.15) is 23.0 Å². The number of alkyl halides is 3. The summed E-state index contributed by atoms with van der Waals surface area (Å²) in [4.78, 5) is 13.8. The molecule has 2 aromatic heterocycles. The van der Waals surface area contributed by atoms with Gasteiger partial charge in [-0.1, -0.05) is 29.4 Å². The van der Waals surface area contributed by atoms with Gasteiger partial charge in [-0.25, -0.2) is 9.18 Å². The predicted octanol–water partition coefficient (Wildman–Crippen LogP) is 7.93. The summed E-state index contributed by atoms with van der Waals surface area (Å²) in [6, 6.07) is 12.4. The molecule has 2 aliphatic heterocycles. The van der Waals surface area contributed by atoms with Crippen LogP contribution in [0.5, 0.6) is 5.75 Å². The van der Waals surface area contributed by atoms with Crippen LogP contribution < -0.4 is 4.74 Å². The molecule has 2 bridgehead atoms. The van der Waals surface area contributed by atoms with E-state index in [1.165, 1.54) is 30.5 Å². The fourth-order valence-corrected chi connectivity index (χ4v) is 6.77. The number of nitrogens with zero attached hydrogens (tertiary/aromatic N) is 2. The van der Waals surface area contributed by atoms with Gasteiger partial charge in [-0.2, -0.15) is 0 Å². The van der Waals surface area contributed by atoms with Gasteiger partial charge in [0.25, 0.3) is 0 Å². The second-order valence-corrected chi connectivity index (χ2v) is 11.9. The number of carbonyl (C=O) groups is 1. The van der Waals surface area contributed by atoms with Crippen LogP contribution in [0.25, 0.3) is 22.4 Å². The molecule has 12 heteroatoms. The molecule has 2 aromatic carbocycles. The van der Waals surface area contributed by atoms with E-state index in [9.17, 15) is 23.1 Å². The number of piperidine rings is 1. The smallest absolute Gasteiger partial charge is 0.475 e. The van der Waals surface area contributed by atoms with E-state index >= 15 is 4.39 Å². The molecule has 1 N–H and O–H groups in total. The van der Waals surface area contributed by atoms with E-state index in [1.54, 1.807) is 24.3 Å². The maximum atomic E-state index is 15.0. The Bertz CT molecular complexity index is 1700. The second-order valence-electron chi connectivity index (χ2n) is 11.9. The average Bonchev–Trinajstić information content (AvgIpc) is 3.47. The third-order valence-corrected chi connectivity index (χ3v) is 9.01. The number of aromatic carboxylic acids is 1. The van der Waals surface area contributed by atoms with Crippen LogP contribution in [0.1, 0.15) is 71.9 Å². The zero-order valence-corrected chi connectivity index (χ0v) is 24.1. The topological polar surface area (TPSA) is 98.2 Å². The van der Waals surface area contributed by atoms with Crippen molar-refractivity contribution in [2.45, 2.75) is 82.1 Å². The van der Waals surface area contributed by atoms with Gasteiger partial charge in [-0.05, 0) is 68.4 Å². The number of carboxylic acid groups (broad SMARTS) is 1. The number of hydrogen-bond acceptors (Lipinski definition) is 7. The summed E-state index contributed by atoms with van der Waals surface area (Å²) in [5.41, 5.74) is 2.50. The summed E-state index contributed by atoms with van der Waals surface area (Å²) in [6.45, 7) is 0.570. The standard InChI is InChI=1S/C33H30F4N2O6/c34-27-13-19(24-11-12-42-31(24)32(40)41)7-8-20(27)17-43-23-14-21-9-10-22(15-23)39(21)16-26-29(38-45-30(26)18-5-6-18)25-3-1-2-4-28(25)44-33(35,36)37/h1-4,7-8,11-13,18,21-23H,5-6,9-10,14-17H2,(H,40,41). The Morgan fingerprint density at radius 3 is 2.47 bits per heavy atom. The molecule has 4 aromatic rings. The number of carboxylic acids is 1. The van der Waals surface area contributed by atoms with Crippen molar-refractivity contribution in [1.82, 2.24) is 10.1 Å². The first-order chi connectivity index (χ1) is 21.6. The van der Waals surface area contributed by atoms with Crippen molar-refractivity contribution in [3.63, 3.8) is 0 Å². The predicted molar refractivity (Wildman–Crippen MR) is 152 cm³/mol. The van der Waals surface area contributed by atoms with E-state index in [0.717, 1.165) is 49.8 Å². The molecule has 1 aliphatic carbocycles. The Morgan fingerprint density at radius 1 is 1.02 bits per heavy atom. The number of benzene rings is 2. The fraction of sp³-hybridized carbons (Fsp3) is 0.394. The number of para-hydroxylation sites is 1. The minimum Gasteiger partial charge on any atom is -0.475 e. The van der Waals surface area contributed by atoms with Crippen molar-refractivity contribution in [2.75, 3.05) is 0 Å². The highest BCUT2D eigenvalue weighted by atomic mass is 19.4. The summed E-state index contributed by atoms with van der Waals surface area (Å²) < 4.78 is 75.9. The highest BCUT2D eigenvalue weighted by Gasteiger charge is 2.43. The van der Waals surface area contributed by atoms with Crippen LogP contribution in [-0.2, 0) is 17.9 Å². The van der Waals surface area contributed by atoms with Gasteiger partial charge in [0.05, 0.1) is 19.0 Å². The molecule has 1 saturated carbocycles. The molecule has 3 fully saturated rings. The van der Waals surface area contributed by atoms with E-state index in [1.807, 2.05) is 0 Å². The van der Waals surface area contributed by atoms with Crippen LogP contribution in [-0.4, -0.2) is 45.7 Å². The van der Waals surface area contributed by atoms with Crippen molar-refractivity contribution in [1.29, 1.82) is 0 Å². The SMILES string of the molecule is O=C(O)c1occc1-c1ccc(COC2CC3CCC(C2)N3Cc2c(-c3ccccc3OC(F)(F)F)noc2C2CC2)c(F)c1. The zero-order valence-electron chi connectivity index (χ0n) is 24.1. The van der Waals surface area contributed by atoms with Crippen LogP contribution in [0.15, 0.2) is 63.7 Å². The fourth-order valence-electron chi connectivity index (χ4n) is 6.77. The first-order valence-electron chi connectivity index (χ1n) is 14.9. The summed E-state index contributed by atoms with van der Waals surface area (Å²) in [6.07, 6.45) is 1.61. The molecule has 2 saturated heterocycles. The minimum absolute atomic E-state index is 0.0744. The average molecular weight is 627 g/mol. The lowest BCUT2D eigenvalue weighted by Crippen LogP contribution is -2.45. The van der Waals surface area contributed by atoms with Crippen LogP contribution in [0.4, 0.5) is 17.6 Å². The van der Waals surface area contributed by atoms with E-state index in [2.05, 4.69) is 14.8 Å². The van der Waals surface area contributed by atoms with Crippen LogP contribution in [0.2, 0.25) is 0 Å². The maximum absolute atomic E-state index is 15.0.